The molecule has 0 radical (unpaired) electrons. The van der Waals surface area contributed by atoms with Crippen LogP contribution in [0, 0.1) is 18.7 Å². The predicted molar refractivity (Wildman–Crippen MR) is 126 cm³/mol. The summed E-state index contributed by atoms with van der Waals surface area (Å²) in [6.07, 6.45) is 2.77. The summed E-state index contributed by atoms with van der Waals surface area (Å²) in [5, 5.41) is 15.4. The summed E-state index contributed by atoms with van der Waals surface area (Å²) >= 11 is 1.76. The maximum absolute atomic E-state index is 15.3. The molecule has 1 saturated heterocycles. The van der Waals surface area contributed by atoms with Gasteiger partial charge >= 0.3 is 0 Å². The number of aryl methyl sites for hydroxylation is 1. The van der Waals surface area contributed by atoms with Crippen molar-refractivity contribution in [2.75, 3.05) is 18.0 Å². The van der Waals surface area contributed by atoms with Gasteiger partial charge in [-0.25, -0.2) is 9.37 Å². The summed E-state index contributed by atoms with van der Waals surface area (Å²) in [4.78, 5) is 10.7. The molecule has 1 aliphatic heterocycles. The van der Waals surface area contributed by atoms with Crippen molar-refractivity contribution >= 4 is 17.0 Å². The van der Waals surface area contributed by atoms with Crippen LogP contribution in [-0.2, 0) is 6.42 Å². The van der Waals surface area contributed by atoms with E-state index in [9.17, 15) is 0 Å². The predicted octanol–water partition coefficient (Wildman–Crippen LogP) is 4.63. The van der Waals surface area contributed by atoms with Crippen LogP contribution in [0.15, 0.2) is 18.3 Å². The Morgan fingerprint density at radius 1 is 1.19 bits per heavy atom. The molecule has 3 aromatic rings. The number of piperazine rings is 1. The number of benzene rings is 1. The van der Waals surface area contributed by atoms with E-state index in [1.807, 2.05) is 6.20 Å². The Morgan fingerprint density at radius 3 is 2.47 bits per heavy atom. The molecule has 32 heavy (non-hydrogen) atoms. The molecule has 2 aromatic heterocycles. The normalized spacial score (nSPS) is 20.8. The van der Waals surface area contributed by atoms with Crippen molar-refractivity contribution in [3.63, 3.8) is 0 Å². The topological polar surface area (TPSA) is 73.8 Å². The third-order valence-electron chi connectivity index (χ3n) is 6.11. The summed E-state index contributed by atoms with van der Waals surface area (Å²) in [6.45, 7) is 14.7. The first-order valence-corrected chi connectivity index (χ1v) is 12.1. The number of tetrazole rings is 1. The molecule has 1 aliphatic rings. The number of anilines is 1. The lowest BCUT2D eigenvalue weighted by Gasteiger charge is -2.48. The second-order valence-electron chi connectivity index (χ2n) is 9.34. The summed E-state index contributed by atoms with van der Waals surface area (Å²) in [5.41, 5.74) is 2.26. The molecule has 1 aromatic carbocycles. The van der Waals surface area contributed by atoms with Gasteiger partial charge in [0.05, 0.1) is 17.3 Å². The average Bonchev–Trinajstić information content (AvgIpc) is 3.38. The number of thiazole rings is 1. The van der Waals surface area contributed by atoms with Gasteiger partial charge in [-0.2, -0.15) is 5.21 Å². The van der Waals surface area contributed by atoms with E-state index in [0.717, 1.165) is 35.8 Å². The van der Waals surface area contributed by atoms with Crippen LogP contribution in [0.25, 0.3) is 11.4 Å². The second kappa shape index (κ2) is 9.23. The van der Waals surface area contributed by atoms with Gasteiger partial charge in [0, 0.05) is 36.2 Å². The largest absolute Gasteiger partial charge is 0.368 e. The zero-order valence-electron chi connectivity index (χ0n) is 19.6. The molecule has 7 nitrogen and oxygen atoms in total. The fourth-order valence-electron chi connectivity index (χ4n) is 4.96. The van der Waals surface area contributed by atoms with Gasteiger partial charge in [-0.3, -0.25) is 4.90 Å². The van der Waals surface area contributed by atoms with Crippen LogP contribution in [0.3, 0.4) is 0 Å². The van der Waals surface area contributed by atoms with Gasteiger partial charge in [0.15, 0.2) is 0 Å². The number of H-pyrrole nitrogens is 1. The van der Waals surface area contributed by atoms with Crippen molar-refractivity contribution in [2.24, 2.45) is 5.92 Å². The number of aromatic amines is 1. The van der Waals surface area contributed by atoms with E-state index in [-0.39, 0.29) is 23.9 Å². The number of nitrogens with one attached hydrogen (secondary N) is 1. The fourth-order valence-corrected chi connectivity index (χ4v) is 5.80. The molecule has 9 heteroatoms. The lowest BCUT2D eigenvalue weighted by atomic mass is 9.97. The maximum atomic E-state index is 15.3. The highest BCUT2D eigenvalue weighted by molar-refractivity contribution is 7.11. The third kappa shape index (κ3) is 4.54. The van der Waals surface area contributed by atoms with Crippen molar-refractivity contribution in [1.82, 2.24) is 30.5 Å². The molecule has 0 saturated carbocycles. The molecule has 3 atom stereocenters. The van der Waals surface area contributed by atoms with Gasteiger partial charge in [0.25, 0.3) is 0 Å². The van der Waals surface area contributed by atoms with Crippen molar-refractivity contribution in [3.05, 3.63) is 39.6 Å². The first-order valence-electron chi connectivity index (χ1n) is 11.3. The first-order chi connectivity index (χ1) is 15.2. The van der Waals surface area contributed by atoms with Crippen LogP contribution in [0.2, 0.25) is 0 Å². The van der Waals surface area contributed by atoms with E-state index in [1.54, 1.807) is 17.4 Å². The number of hydrogen-bond acceptors (Lipinski definition) is 7. The Labute approximate surface area is 193 Å². The molecular weight excluding hydrogens is 425 g/mol. The highest BCUT2D eigenvalue weighted by atomic mass is 32.1. The minimum atomic E-state index is -0.297. The molecule has 1 fully saturated rings. The molecule has 1 N–H and O–H groups in total. The average molecular weight is 458 g/mol. The van der Waals surface area contributed by atoms with Gasteiger partial charge < -0.3 is 4.90 Å². The molecule has 3 unspecified atom stereocenters. The molecule has 0 spiro atoms. The fraction of sp³-hybridized carbons (Fsp3) is 0.565. The molecule has 0 aliphatic carbocycles. The van der Waals surface area contributed by atoms with E-state index < -0.39 is 0 Å². The molecule has 0 bridgehead atoms. The monoisotopic (exact) mass is 457 g/mol. The summed E-state index contributed by atoms with van der Waals surface area (Å²) < 4.78 is 15.3. The van der Waals surface area contributed by atoms with Crippen LogP contribution >= 0.6 is 11.3 Å². The summed E-state index contributed by atoms with van der Waals surface area (Å²) in [7, 11) is 0. The number of hydrogen-bond donors (Lipinski definition) is 1. The highest BCUT2D eigenvalue weighted by Crippen LogP contribution is 2.37. The van der Waals surface area contributed by atoms with Crippen LogP contribution in [0.4, 0.5) is 10.1 Å². The van der Waals surface area contributed by atoms with Gasteiger partial charge in [-0.1, -0.05) is 13.8 Å². The molecule has 172 valence electrons. The van der Waals surface area contributed by atoms with Crippen molar-refractivity contribution < 1.29 is 4.39 Å². The van der Waals surface area contributed by atoms with E-state index in [0.29, 0.717) is 17.3 Å². The van der Waals surface area contributed by atoms with Crippen molar-refractivity contribution in [3.8, 4) is 11.4 Å². The highest BCUT2D eigenvalue weighted by Gasteiger charge is 2.35. The minimum Gasteiger partial charge on any atom is -0.368 e. The molecule has 0 amide bonds. The van der Waals surface area contributed by atoms with Crippen LogP contribution in [0.5, 0.6) is 0 Å². The Morgan fingerprint density at radius 2 is 1.91 bits per heavy atom. The third-order valence-corrected chi connectivity index (χ3v) is 7.20. The lowest BCUT2D eigenvalue weighted by Crippen LogP contribution is -2.57. The van der Waals surface area contributed by atoms with Crippen LogP contribution < -0.4 is 4.90 Å². The van der Waals surface area contributed by atoms with E-state index in [4.69, 9.17) is 0 Å². The van der Waals surface area contributed by atoms with Crippen LogP contribution in [0.1, 0.15) is 56.1 Å². The van der Waals surface area contributed by atoms with Crippen molar-refractivity contribution in [1.29, 1.82) is 0 Å². The summed E-state index contributed by atoms with van der Waals surface area (Å²) in [6, 6.07) is 4.50. The van der Waals surface area contributed by atoms with Crippen LogP contribution in [-0.4, -0.2) is 55.7 Å². The molecule has 3 heterocycles. The SMILES string of the molecule is Cc1cnc(C(C)N2C(C)CN(c3cc(CC(C)C)cc(F)c3-c3nn[nH]n3)CC2C)s1. The van der Waals surface area contributed by atoms with Crippen molar-refractivity contribution in [2.45, 2.75) is 66.1 Å². The Hall–Kier alpha value is -2.39. The first kappa shape index (κ1) is 22.8. The molecular formula is C23H32FN7S. The number of rotatable bonds is 6. The lowest BCUT2D eigenvalue weighted by molar-refractivity contribution is 0.0864. The number of halogens is 1. The standard InChI is InChI=1S/C23H32FN7S/c1-13(2)7-18-8-19(24)21(22-26-28-29-27-22)20(9-18)30-11-14(3)31(15(4)12-30)17(6)23-25-10-16(5)32-23/h8-10,13-15,17H,7,11-12H2,1-6H3,(H,26,27,28,29). The Bertz CT molecular complexity index is 1040. The summed E-state index contributed by atoms with van der Waals surface area (Å²) in [5.74, 6) is 0.437. The number of aromatic nitrogens is 5. The van der Waals surface area contributed by atoms with Gasteiger partial charge in [0.1, 0.15) is 10.8 Å². The number of nitrogens with zero attached hydrogens (tertiary/aromatic N) is 6. The van der Waals surface area contributed by atoms with E-state index >= 15 is 4.39 Å². The Balaban J connectivity index is 1.67. The smallest absolute Gasteiger partial charge is 0.209 e. The maximum Gasteiger partial charge on any atom is 0.209 e. The zero-order chi connectivity index (χ0) is 23.0. The minimum absolute atomic E-state index is 0.238. The van der Waals surface area contributed by atoms with Gasteiger partial charge in [-0.05, 0) is 62.9 Å². The van der Waals surface area contributed by atoms with E-state index in [2.05, 4.69) is 83.0 Å². The Kier molecular flexibility index (Phi) is 6.57. The zero-order valence-corrected chi connectivity index (χ0v) is 20.4. The quantitative estimate of drug-likeness (QED) is 0.582. The van der Waals surface area contributed by atoms with Gasteiger partial charge in [0.2, 0.25) is 5.82 Å². The second-order valence-corrected chi connectivity index (χ2v) is 10.6. The van der Waals surface area contributed by atoms with Gasteiger partial charge in [-0.15, -0.1) is 21.5 Å². The van der Waals surface area contributed by atoms with E-state index in [1.165, 1.54) is 4.88 Å². The molecule has 4 rings (SSSR count).